The molecule has 0 bridgehead atoms. The Bertz CT molecular complexity index is 556. The minimum Gasteiger partial charge on any atom is -0.478 e. The van der Waals surface area contributed by atoms with Gasteiger partial charge < -0.3 is 16.2 Å². The van der Waals surface area contributed by atoms with Crippen LogP contribution in [0.4, 0.5) is 5.69 Å². The number of amides is 1. The van der Waals surface area contributed by atoms with Gasteiger partial charge in [0.1, 0.15) is 0 Å². The van der Waals surface area contributed by atoms with E-state index in [2.05, 4.69) is 5.32 Å². The lowest BCUT2D eigenvalue weighted by Gasteiger charge is -2.28. The van der Waals surface area contributed by atoms with Gasteiger partial charge in [0.05, 0.1) is 11.0 Å². The lowest BCUT2D eigenvalue weighted by Crippen LogP contribution is -2.44. The summed E-state index contributed by atoms with van der Waals surface area (Å²) in [6, 6.07) is 4.55. The number of nitrogens with one attached hydrogen (secondary N) is 1. The number of aryl methyl sites for hydroxylation is 1. The quantitative estimate of drug-likeness (QED) is 0.788. The van der Waals surface area contributed by atoms with E-state index in [0.717, 1.165) is 24.8 Å². The fourth-order valence-electron chi connectivity index (χ4n) is 2.63. The van der Waals surface area contributed by atoms with Gasteiger partial charge >= 0.3 is 5.97 Å². The number of hydrogen-bond donors (Lipinski definition) is 3. The Kier molecular flexibility index (Phi) is 3.81. The molecule has 2 unspecified atom stereocenters. The Morgan fingerprint density at radius 3 is 2.70 bits per heavy atom. The molecule has 4 N–H and O–H groups in total. The third-order valence-corrected chi connectivity index (χ3v) is 4.28. The molecule has 5 nitrogen and oxygen atoms in total. The highest BCUT2D eigenvalue weighted by molar-refractivity contribution is 5.98. The van der Waals surface area contributed by atoms with E-state index in [1.54, 1.807) is 6.07 Å². The van der Waals surface area contributed by atoms with Gasteiger partial charge in [-0.15, -0.1) is 0 Å². The minimum atomic E-state index is -1.01. The molecule has 0 heterocycles. The van der Waals surface area contributed by atoms with Crippen LogP contribution in [0.25, 0.3) is 0 Å². The van der Waals surface area contributed by atoms with Gasteiger partial charge in [0.15, 0.2) is 0 Å². The van der Waals surface area contributed by atoms with Gasteiger partial charge in [0.2, 0.25) is 5.91 Å². The lowest BCUT2D eigenvalue weighted by atomic mass is 9.84. The van der Waals surface area contributed by atoms with Gasteiger partial charge in [-0.05, 0) is 44.4 Å². The average Bonchev–Trinajstić information content (AvgIpc) is 2.73. The van der Waals surface area contributed by atoms with E-state index >= 15 is 0 Å². The first kappa shape index (κ1) is 14.5. The number of nitrogens with two attached hydrogens (primary N) is 1. The van der Waals surface area contributed by atoms with E-state index in [9.17, 15) is 9.59 Å². The van der Waals surface area contributed by atoms with Crippen molar-refractivity contribution in [1.82, 2.24) is 0 Å². The number of rotatable bonds is 3. The second-order valence-electron chi connectivity index (χ2n) is 5.71. The first-order valence-corrected chi connectivity index (χ1v) is 6.75. The van der Waals surface area contributed by atoms with Crippen LogP contribution in [0.2, 0.25) is 0 Å². The standard InChI is InChI=1S/C15H20N2O3/c1-9-5-6-10(13(18)19)8-11(9)17-14(20)15(2)7-3-4-12(15)16/h5-6,8,12H,3-4,7,16H2,1-2H3,(H,17,20)(H,18,19). The first-order chi connectivity index (χ1) is 9.34. The minimum absolute atomic E-state index is 0.131. The van der Waals surface area contributed by atoms with Crippen molar-refractivity contribution in [3.05, 3.63) is 29.3 Å². The lowest BCUT2D eigenvalue weighted by molar-refractivity contribution is -0.125. The van der Waals surface area contributed by atoms with Crippen LogP contribution in [0.1, 0.15) is 42.1 Å². The highest BCUT2D eigenvalue weighted by atomic mass is 16.4. The van der Waals surface area contributed by atoms with E-state index in [4.69, 9.17) is 10.8 Å². The summed E-state index contributed by atoms with van der Waals surface area (Å²) in [5, 5.41) is 11.8. The number of aromatic carboxylic acids is 1. The van der Waals surface area contributed by atoms with E-state index in [0.29, 0.717) is 5.69 Å². The molecule has 1 aromatic rings. The van der Waals surface area contributed by atoms with E-state index in [-0.39, 0.29) is 17.5 Å². The molecule has 0 aliphatic heterocycles. The predicted octanol–water partition coefficient (Wildman–Crippen LogP) is 2.15. The van der Waals surface area contributed by atoms with Crippen molar-refractivity contribution in [2.45, 2.75) is 39.2 Å². The second-order valence-corrected chi connectivity index (χ2v) is 5.71. The van der Waals surface area contributed by atoms with Crippen molar-refractivity contribution < 1.29 is 14.7 Å². The van der Waals surface area contributed by atoms with Crippen LogP contribution >= 0.6 is 0 Å². The highest BCUT2D eigenvalue weighted by Gasteiger charge is 2.43. The largest absolute Gasteiger partial charge is 0.478 e. The molecule has 5 heteroatoms. The topological polar surface area (TPSA) is 92.4 Å². The zero-order chi connectivity index (χ0) is 14.9. The average molecular weight is 276 g/mol. The van der Waals surface area contributed by atoms with Gasteiger partial charge in [0, 0.05) is 11.7 Å². The zero-order valence-corrected chi connectivity index (χ0v) is 11.8. The molecule has 2 atom stereocenters. The van der Waals surface area contributed by atoms with Gasteiger partial charge in [-0.2, -0.15) is 0 Å². The van der Waals surface area contributed by atoms with Gasteiger partial charge in [-0.25, -0.2) is 4.79 Å². The fraction of sp³-hybridized carbons (Fsp3) is 0.467. The molecule has 1 aromatic carbocycles. The number of carbonyl (C=O) groups is 2. The summed E-state index contributed by atoms with van der Waals surface area (Å²) >= 11 is 0. The van der Waals surface area contributed by atoms with Crippen molar-refractivity contribution in [2.24, 2.45) is 11.1 Å². The third kappa shape index (κ3) is 2.54. The summed E-state index contributed by atoms with van der Waals surface area (Å²) < 4.78 is 0. The number of carbonyl (C=O) groups excluding carboxylic acids is 1. The summed E-state index contributed by atoms with van der Waals surface area (Å²) in [6.07, 6.45) is 2.55. The van der Waals surface area contributed by atoms with Crippen LogP contribution in [0.15, 0.2) is 18.2 Å². The monoisotopic (exact) mass is 276 g/mol. The number of hydrogen-bond acceptors (Lipinski definition) is 3. The van der Waals surface area contributed by atoms with Crippen molar-refractivity contribution in [1.29, 1.82) is 0 Å². The Morgan fingerprint density at radius 2 is 2.15 bits per heavy atom. The summed E-state index contributed by atoms with van der Waals surface area (Å²) in [7, 11) is 0. The molecular formula is C15H20N2O3. The van der Waals surface area contributed by atoms with Crippen LogP contribution in [-0.4, -0.2) is 23.0 Å². The molecule has 108 valence electrons. The van der Waals surface area contributed by atoms with E-state index < -0.39 is 11.4 Å². The summed E-state index contributed by atoms with van der Waals surface area (Å²) in [5.74, 6) is -1.14. The molecule has 1 saturated carbocycles. The van der Waals surface area contributed by atoms with Crippen LogP contribution < -0.4 is 11.1 Å². The molecule has 1 aliphatic carbocycles. The number of carboxylic acid groups (broad SMARTS) is 1. The third-order valence-electron chi connectivity index (χ3n) is 4.28. The number of benzene rings is 1. The molecule has 1 amide bonds. The van der Waals surface area contributed by atoms with Crippen LogP contribution in [-0.2, 0) is 4.79 Å². The molecule has 0 saturated heterocycles. The maximum absolute atomic E-state index is 12.4. The summed E-state index contributed by atoms with van der Waals surface area (Å²) in [6.45, 7) is 3.70. The molecule has 0 aromatic heterocycles. The molecular weight excluding hydrogens is 256 g/mol. The molecule has 2 rings (SSSR count). The van der Waals surface area contributed by atoms with Crippen molar-refractivity contribution in [3.8, 4) is 0 Å². The molecule has 20 heavy (non-hydrogen) atoms. The Morgan fingerprint density at radius 1 is 1.45 bits per heavy atom. The predicted molar refractivity (Wildman–Crippen MR) is 76.7 cm³/mol. The summed E-state index contributed by atoms with van der Waals surface area (Å²) in [5.41, 5.74) is 6.98. The van der Waals surface area contributed by atoms with Gasteiger partial charge in [-0.1, -0.05) is 12.5 Å². The first-order valence-electron chi connectivity index (χ1n) is 6.75. The van der Waals surface area contributed by atoms with Crippen molar-refractivity contribution in [3.63, 3.8) is 0 Å². The van der Waals surface area contributed by atoms with Crippen LogP contribution in [0.3, 0.4) is 0 Å². The second kappa shape index (κ2) is 5.25. The maximum atomic E-state index is 12.4. The Labute approximate surface area is 118 Å². The molecule has 1 aliphatic rings. The van der Waals surface area contributed by atoms with Gasteiger partial charge in [0.25, 0.3) is 0 Å². The molecule has 0 spiro atoms. The van der Waals surface area contributed by atoms with Crippen molar-refractivity contribution >= 4 is 17.6 Å². The SMILES string of the molecule is Cc1ccc(C(=O)O)cc1NC(=O)C1(C)CCCC1N. The van der Waals surface area contributed by atoms with Gasteiger partial charge in [-0.3, -0.25) is 4.79 Å². The maximum Gasteiger partial charge on any atom is 0.335 e. The van der Waals surface area contributed by atoms with E-state index in [1.807, 2.05) is 13.8 Å². The van der Waals surface area contributed by atoms with Crippen molar-refractivity contribution in [2.75, 3.05) is 5.32 Å². The number of carboxylic acids is 1. The van der Waals surface area contributed by atoms with Crippen LogP contribution in [0.5, 0.6) is 0 Å². The molecule has 0 radical (unpaired) electrons. The normalized spacial score (nSPS) is 25.4. The highest BCUT2D eigenvalue weighted by Crippen LogP contribution is 2.38. The molecule has 1 fully saturated rings. The Hall–Kier alpha value is -1.88. The Balaban J connectivity index is 2.23. The summed E-state index contributed by atoms with van der Waals surface area (Å²) in [4.78, 5) is 23.4. The van der Waals surface area contributed by atoms with Crippen LogP contribution in [0, 0.1) is 12.3 Å². The number of anilines is 1. The smallest absolute Gasteiger partial charge is 0.335 e. The fourth-order valence-corrected chi connectivity index (χ4v) is 2.63. The zero-order valence-electron chi connectivity index (χ0n) is 11.8. The van der Waals surface area contributed by atoms with E-state index in [1.165, 1.54) is 12.1 Å².